The highest BCUT2D eigenvalue weighted by Gasteiger charge is 2.06. The Hall–Kier alpha value is -2.10. The zero-order valence-electron chi connectivity index (χ0n) is 9.47. The van der Waals surface area contributed by atoms with Crippen molar-refractivity contribution in [2.75, 3.05) is 0 Å². The molecule has 0 amide bonds. The molecule has 3 nitrogen and oxygen atoms in total. The fourth-order valence-electron chi connectivity index (χ4n) is 1.12. The Labute approximate surface area is 99.4 Å². The number of carbonyl (C=O) groups is 1. The Kier molecular flexibility index (Phi) is 4.94. The van der Waals surface area contributed by atoms with E-state index in [9.17, 15) is 9.18 Å². The van der Waals surface area contributed by atoms with E-state index in [-0.39, 0.29) is 5.70 Å². The van der Waals surface area contributed by atoms with Crippen LogP contribution in [-0.4, -0.2) is 12.3 Å². The van der Waals surface area contributed by atoms with Crippen LogP contribution in [0.2, 0.25) is 0 Å². The van der Waals surface area contributed by atoms with Gasteiger partial charge in [0.2, 0.25) is 0 Å². The van der Waals surface area contributed by atoms with Gasteiger partial charge in [-0.3, -0.25) is 0 Å². The smallest absolute Gasteiger partial charge is 0.335 e. The molecular formula is C13H14FNO2. The Bertz CT molecular complexity index is 422. The van der Waals surface area contributed by atoms with Crippen molar-refractivity contribution in [1.29, 1.82) is 0 Å². The van der Waals surface area contributed by atoms with E-state index in [2.05, 4.69) is 4.74 Å². The summed E-state index contributed by atoms with van der Waals surface area (Å²) < 4.78 is 17.6. The lowest BCUT2D eigenvalue weighted by molar-refractivity contribution is -0.147. The lowest BCUT2D eigenvalue weighted by Gasteiger charge is -2.03. The molecule has 2 N–H and O–H groups in total. The number of ether oxygens (including phenoxy) is 1. The molecule has 0 aliphatic heterocycles. The predicted molar refractivity (Wildman–Crippen MR) is 64.4 cm³/mol. The van der Waals surface area contributed by atoms with Crippen molar-refractivity contribution in [2.45, 2.75) is 13.3 Å². The van der Waals surface area contributed by atoms with Crippen LogP contribution in [0.5, 0.6) is 0 Å². The number of carbonyl (C=O) groups excluding carboxylic acids is 1. The topological polar surface area (TPSA) is 52.3 Å². The van der Waals surface area contributed by atoms with E-state index in [0.29, 0.717) is 0 Å². The summed E-state index contributed by atoms with van der Waals surface area (Å²) in [6.45, 7) is 1.52. The zero-order chi connectivity index (χ0) is 12.7. The van der Waals surface area contributed by atoms with Gasteiger partial charge < -0.3 is 10.5 Å². The zero-order valence-corrected chi connectivity index (χ0v) is 9.47. The largest absolute Gasteiger partial charge is 0.424 e. The third kappa shape index (κ3) is 5.51. The van der Waals surface area contributed by atoms with Gasteiger partial charge in [0.15, 0.2) is 0 Å². The Morgan fingerprint density at radius 3 is 2.65 bits per heavy atom. The molecule has 17 heavy (non-hydrogen) atoms. The minimum Gasteiger partial charge on any atom is -0.424 e. The van der Waals surface area contributed by atoms with Crippen LogP contribution in [0.25, 0.3) is 6.08 Å². The molecule has 90 valence electrons. The summed E-state index contributed by atoms with van der Waals surface area (Å²) in [4.78, 5) is 11.0. The second-order valence-electron chi connectivity index (χ2n) is 3.45. The number of hydrogen-bond acceptors (Lipinski definition) is 3. The maximum atomic E-state index is 13.2. The van der Waals surface area contributed by atoms with Crippen molar-refractivity contribution in [3.63, 3.8) is 0 Å². The number of allylic oxidation sites excluding steroid dienone is 1. The molecule has 1 aromatic carbocycles. The van der Waals surface area contributed by atoms with Gasteiger partial charge in [0.25, 0.3) is 6.36 Å². The quantitative estimate of drug-likeness (QED) is 0.644. The molecule has 0 heterocycles. The molecule has 0 fully saturated rings. The summed E-state index contributed by atoms with van der Waals surface area (Å²) in [5.41, 5.74) is 6.36. The monoisotopic (exact) mass is 235 g/mol. The number of rotatable bonds is 4. The molecule has 0 aliphatic carbocycles. The lowest BCUT2D eigenvalue weighted by atomic mass is 10.2. The molecule has 4 heteroatoms. The van der Waals surface area contributed by atoms with Gasteiger partial charge >= 0.3 is 5.97 Å². The highest BCUT2D eigenvalue weighted by atomic mass is 19.1. The molecule has 0 radical (unpaired) electrons. The van der Waals surface area contributed by atoms with E-state index >= 15 is 0 Å². The first-order valence-corrected chi connectivity index (χ1v) is 5.09. The summed E-state index contributed by atoms with van der Waals surface area (Å²) >= 11 is 0. The van der Waals surface area contributed by atoms with Crippen molar-refractivity contribution in [1.82, 2.24) is 0 Å². The molecular weight excluding hydrogens is 221 g/mol. The molecule has 0 saturated heterocycles. The molecule has 1 unspecified atom stereocenters. The third-order valence-corrected chi connectivity index (χ3v) is 1.81. The van der Waals surface area contributed by atoms with E-state index < -0.39 is 12.3 Å². The Morgan fingerprint density at radius 1 is 1.41 bits per heavy atom. The minimum atomic E-state index is -1.78. The van der Waals surface area contributed by atoms with Gasteiger partial charge in [-0.05, 0) is 18.6 Å². The average Bonchev–Trinajstić information content (AvgIpc) is 2.26. The number of nitrogens with two attached hydrogens (primary N) is 1. The van der Waals surface area contributed by atoms with Crippen LogP contribution < -0.4 is 5.73 Å². The number of halogens is 1. The van der Waals surface area contributed by atoms with Gasteiger partial charge in [-0.15, -0.1) is 0 Å². The van der Waals surface area contributed by atoms with Gasteiger partial charge in [0.05, 0.1) is 0 Å². The lowest BCUT2D eigenvalue weighted by Crippen LogP contribution is -2.10. The SMILES string of the molecule is CC(N)=CC(=O)OC(F)C=Cc1ccccc1. The molecule has 1 aromatic rings. The maximum absolute atomic E-state index is 13.2. The maximum Gasteiger partial charge on any atom is 0.335 e. The van der Waals surface area contributed by atoms with Crippen LogP contribution >= 0.6 is 0 Å². The van der Waals surface area contributed by atoms with Crippen molar-refractivity contribution >= 4 is 12.0 Å². The number of hydrogen-bond donors (Lipinski definition) is 1. The third-order valence-electron chi connectivity index (χ3n) is 1.81. The molecule has 0 spiro atoms. The fraction of sp³-hybridized carbons (Fsp3) is 0.154. The second kappa shape index (κ2) is 6.48. The highest BCUT2D eigenvalue weighted by Crippen LogP contribution is 2.05. The number of esters is 1. The first kappa shape index (κ1) is 13.0. The van der Waals surface area contributed by atoms with E-state index in [1.54, 1.807) is 0 Å². The first-order valence-electron chi connectivity index (χ1n) is 5.09. The first-order chi connectivity index (χ1) is 8.08. The standard InChI is InChI=1S/C13H14FNO2/c1-10(15)9-13(16)17-12(14)8-7-11-5-3-2-4-6-11/h2-9,12H,15H2,1H3. The summed E-state index contributed by atoms with van der Waals surface area (Å²) in [6, 6.07) is 9.15. The fourth-order valence-corrected chi connectivity index (χ4v) is 1.12. The van der Waals surface area contributed by atoms with Gasteiger partial charge in [-0.2, -0.15) is 4.39 Å². The van der Waals surface area contributed by atoms with E-state index in [0.717, 1.165) is 17.7 Å². The van der Waals surface area contributed by atoms with Crippen molar-refractivity contribution < 1.29 is 13.9 Å². The van der Waals surface area contributed by atoms with Crippen molar-refractivity contribution in [3.05, 3.63) is 53.7 Å². The van der Waals surface area contributed by atoms with Gasteiger partial charge in [-0.1, -0.05) is 36.4 Å². The van der Waals surface area contributed by atoms with Crippen LogP contribution in [0.4, 0.5) is 4.39 Å². The van der Waals surface area contributed by atoms with Gasteiger partial charge in [0.1, 0.15) is 0 Å². The number of alkyl halides is 1. The summed E-state index contributed by atoms with van der Waals surface area (Å²) in [7, 11) is 0. The van der Waals surface area contributed by atoms with Crippen molar-refractivity contribution in [3.8, 4) is 0 Å². The molecule has 0 bridgehead atoms. The van der Waals surface area contributed by atoms with E-state index in [1.807, 2.05) is 30.3 Å². The van der Waals surface area contributed by atoms with Crippen LogP contribution in [0.3, 0.4) is 0 Å². The van der Waals surface area contributed by atoms with Crippen molar-refractivity contribution in [2.24, 2.45) is 5.73 Å². The second-order valence-corrected chi connectivity index (χ2v) is 3.45. The van der Waals surface area contributed by atoms with E-state index in [1.165, 1.54) is 13.0 Å². The highest BCUT2D eigenvalue weighted by molar-refractivity contribution is 5.82. The van der Waals surface area contributed by atoms with Gasteiger partial charge in [-0.25, -0.2) is 4.79 Å². The van der Waals surface area contributed by atoms with E-state index in [4.69, 9.17) is 5.73 Å². The van der Waals surface area contributed by atoms with Crippen LogP contribution in [0.1, 0.15) is 12.5 Å². The minimum absolute atomic E-state index is 0.272. The number of benzene rings is 1. The summed E-state index contributed by atoms with van der Waals surface area (Å²) in [6.07, 6.45) is 1.95. The van der Waals surface area contributed by atoms with Crippen LogP contribution in [-0.2, 0) is 9.53 Å². The summed E-state index contributed by atoms with van der Waals surface area (Å²) in [5, 5.41) is 0. The predicted octanol–water partition coefficient (Wildman–Crippen LogP) is 2.40. The Morgan fingerprint density at radius 2 is 2.06 bits per heavy atom. The van der Waals surface area contributed by atoms with Crippen LogP contribution in [0.15, 0.2) is 48.2 Å². The average molecular weight is 235 g/mol. The van der Waals surface area contributed by atoms with Gasteiger partial charge in [0, 0.05) is 11.8 Å². The normalized spacial score (nSPS) is 13.6. The molecule has 0 aliphatic rings. The molecule has 1 atom stereocenters. The van der Waals surface area contributed by atoms with Crippen LogP contribution in [0, 0.1) is 0 Å². The summed E-state index contributed by atoms with van der Waals surface area (Å²) in [5.74, 6) is -0.796. The molecule has 0 aromatic heterocycles. The Balaban J connectivity index is 2.50. The molecule has 0 saturated carbocycles. The molecule has 1 rings (SSSR count).